The van der Waals surface area contributed by atoms with Gasteiger partial charge in [-0.15, -0.1) is 0 Å². The first-order valence-electron chi connectivity index (χ1n) is 10.7. The van der Waals surface area contributed by atoms with E-state index in [4.69, 9.17) is 9.88 Å². The van der Waals surface area contributed by atoms with E-state index in [1.807, 2.05) is 60.7 Å². The Bertz CT molecular complexity index is 1520. The lowest BCUT2D eigenvalue weighted by molar-refractivity contribution is 0.0721. The number of fused-ring (bicyclic) bond motifs is 2. The minimum absolute atomic E-state index is 0.0147. The molecule has 1 atom stereocenters. The third kappa shape index (κ3) is 4.32. The lowest BCUT2D eigenvalue weighted by Gasteiger charge is -2.26. The van der Waals surface area contributed by atoms with E-state index in [1.165, 1.54) is 12.1 Å². The number of benzene rings is 4. The first-order chi connectivity index (χ1) is 16.3. The summed E-state index contributed by atoms with van der Waals surface area (Å²) in [5.74, 6) is 0.598. The molecular formula is C26H21BrN2O4S. The molecule has 1 aliphatic heterocycles. The van der Waals surface area contributed by atoms with Gasteiger partial charge < -0.3 is 9.64 Å². The van der Waals surface area contributed by atoms with Crippen molar-refractivity contribution in [1.29, 1.82) is 0 Å². The fraction of sp³-hybridized carbons (Fsp3) is 0.115. The standard InChI is InChI=1S/C26H21BrN2O4S/c27-20-10-8-18-15-21(11-9-17(18)14-20)33-13-12-29-25(23-6-1-2-7-24(23)26(29)30)19-4-3-5-22(16-19)34(28,31)32/h1-11,14-16,25H,12-13H2,(H2,28,31,32). The van der Waals surface area contributed by atoms with Gasteiger partial charge in [0.15, 0.2) is 0 Å². The van der Waals surface area contributed by atoms with E-state index in [0.717, 1.165) is 20.8 Å². The molecule has 1 heterocycles. The van der Waals surface area contributed by atoms with Crippen LogP contribution in [0.2, 0.25) is 0 Å². The summed E-state index contributed by atoms with van der Waals surface area (Å²) < 4.78 is 30.8. The zero-order chi connectivity index (χ0) is 23.9. The van der Waals surface area contributed by atoms with Gasteiger partial charge in [0.25, 0.3) is 5.91 Å². The van der Waals surface area contributed by atoms with Gasteiger partial charge in [0.2, 0.25) is 10.0 Å². The van der Waals surface area contributed by atoms with Crippen LogP contribution in [0.25, 0.3) is 10.8 Å². The van der Waals surface area contributed by atoms with Crippen molar-refractivity contribution in [3.63, 3.8) is 0 Å². The molecule has 6 nitrogen and oxygen atoms in total. The summed E-state index contributed by atoms with van der Waals surface area (Å²) in [4.78, 5) is 15.0. The van der Waals surface area contributed by atoms with Crippen LogP contribution in [0, 0.1) is 0 Å². The molecule has 0 spiro atoms. The van der Waals surface area contributed by atoms with Crippen molar-refractivity contribution >= 4 is 42.6 Å². The highest BCUT2D eigenvalue weighted by Crippen LogP contribution is 2.38. The van der Waals surface area contributed by atoms with Gasteiger partial charge in [-0.1, -0.05) is 58.4 Å². The van der Waals surface area contributed by atoms with Gasteiger partial charge in [0.05, 0.1) is 17.5 Å². The summed E-state index contributed by atoms with van der Waals surface area (Å²) in [5, 5.41) is 7.50. The molecule has 0 aliphatic carbocycles. The first-order valence-corrected chi connectivity index (χ1v) is 13.0. The van der Waals surface area contributed by atoms with Gasteiger partial charge >= 0.3 is 0 Å². The summed E-state index contributed by atoms with van der Waals surface area (Å²) in [6.45, 7) is 0.614. The van der Waals surface area contributed by atoms with Crippen molar-refractivity contribution in [1.82, 2.24) is 4.90 Å². The molecule has 4 aromatic carbocycles. The summed E-state index contributed by atoms with van der Waals surface area (Å²) in [6, 6.07) is 25.3. The molecule has 1 unspecified atom stereocenters. The molecular weight excluding hydrogens is 516 g/mol. The smallest absolute Gasteiger partial charge is 0.255 e. The maximum absolute atomic E-state index is 13.2. The van der Waals surface area contributed by atoms with Gasteiger partial charge in [-0.05, 0) is 64.4 Å². The molecule has 0 saturated carbocycles. The second kappa shape index (κ2) is 8.87. The Kier molecular flexibility index (Phi) is 5.89. The molecule has 0 bridgehead atoms. The number of carbonyl (C=O) groups excluding carboxylic acids is 1. The van der Waals surface area contributed by atoms with Crippen LogP contribution in [0.15, 0.2) is 94.3 Å². The van der Waals surface area contributed by atoms with Gasteiger partial charge in [-0.25, -0.2) is 13.6 Å². The molecule has 5 rings (SSSR count). The predicted octanol–water partition coefficient (Wildman–Crippen LogP) is 4.87. The molecule has 172 valence electrons. The van der Waals surface area contributed by atoms with Crippen LogP contribution in [-0.2, 0) is 10.0 Å². The maximum atomic E-state index is 13.2. The number of halogens is 1. The molecule has 2 N–H and O–H groups in total. The molecule has 0 fully saturated rings. The van der Waals surface area contributed by atoms with Crippen molar-refractivity contribution < 1.29 is 17.9 Å². The van der Waals surface area contributed by atoms with Crippen molar-refractivity contribution in [2.75, 3.05) is 13.2 Å². The zero-order valence-corrected chi connectivity index (χ0v) is 20.4. The van der Waals surface area contributed by atoms with Crippen molar-refractivity contribution in [2.45, 2.75) is 10.9 Å². The highest BCUT2D eigenvalue weighted by Gasteiger charge is 2.37. The van der Waals surface area contributed by atoms with Crippen LogP contribution in [-0.4, -0.2) is 32.4 Å². The van der Waals surface area contributed by atoms with Gasteiger partial charge in [-0.3, -0.25) is 4.79 Å². The largest absolute Gasteiger partial charge is 0.492 e. The number of sulfonamides is 1. The number of nitrogens with two attached hydrogens (primary N) is 1. The normalized spacial score (nSPS) is 15.5. The van der Waals surface area contributed by atoms with E-state index in [2.05, 4.69) is 15.9 Å². The molecule has 1 aliphatic rings. The number of hydrogen-bond acceptors (Lipinski definition) is 4. The molecule has 0 saturated heterocycles. The van der Waals surface area contributed by atoms with E-state index in [9.17, 15) is 13.2 Å². The Labute approximate surface area is 206 Å². The van der Waals surface area contributed by atoms with Crippen LogP contribution < -0.4 is 9.88 Å². The van der Waals surface area contributed by atoms with Gasteiger partial charge in [0, 0.05) is 10.0 Å². The quantitative estimate of drug-likeness (QED) is 0.380. The average Bonchev–Trinajstić information content (AvgIpc) is 3.10. The van der Waals surface area contributed by atoms with Crippen LogP contribution in [0.3, 0.4) is 0 Å². The Balaban J connectivity index is 1.41. The number of primary sulfonamides is 1. The topological polar surface area (TPSA) is 89.7 Å². The third-order valence-electron chi connectivity index (χ3n) is 5.94. The number of rotatable bonds is 6. The Morgan fingerprint density at radius 1 is 0.912 bits per heavy atom. The molecule has 0 radical (unpaired) electrons. The summed E-state index contributed by atoms with van der Waals surface area (Å²) in [6.07, 6.45) is 0. The minimum atomic E-state index is -3.87. The summed E-state index contributed by atoms with van der Waals surface area (Å²) in [7, 11) is -3.87. The zero-order valence-electron chi connectivity index (χ0n) is 18.0. The van der Waals surface area contributed by atoms with E-state index < -0.39 is 16.1 Å². The Morgan fingerprint density at radius 3 is 2.50 bits per heavy atom. The molecule has 8 heteroatoms. The second-order valence-electron chi connectivity index (χ2n) is 8.11. The maximum Gasteiger partial charge on any atom is 0.255 e. The monoisotopic (exact) mass is 536 g/mol. The van der Waals surface area contributed by atoms with E-state index >= 15 is 0 Å². The third-order valence-corrected chi connectivity index (χ3v) is 7.34. The summed E-state index contributed by atoms with van der Waals surface area (Å²) >= 11 is 3.48. The predicted molar refractivity (Wildman–Crippen MR) is 134 cm³/mol. The Hall–Kier alpha value is -3.20. The fourth-order valence-electron chi connectivity index (χ4n) is 4.37. The summed E-state index contributed by atoms with van der Waals surface area (Å²) in [5.41, 5.74) is 2.11. The highest BCUT2D eigenvalue weighted by molar-refractivity contribution is 9.10. The van der Waals surface area contributed by atoms with Crippen LogP contribution >= 0.6 is 15.9 Å². The number of hydrogen-bond donors (Lipinski definition) is 1. The fourth-order valence-corrected chi connectivity index (χ4v) is 5.32. The first kappa shape index (κ1) is 22.6. The van der Waals surface area contributed by atoms with Crippen molar-refractivity contribution in [3.05, 3.63) is 106 Å². The van der Waals surface area contributed by atoms with Gasteiger partial charge in [-0.2, -0.15) is 0 Å². The van der Waals surface area contributed by atoms with Crippen LogP contribution in [0.5, 0.6) is 5.75 Å². The minimum Gasteiger partial charge on any atom is -0.492 e. The molecule has 34 heavy (non-hydrogen) atoms. The van der Waals surface area contributed by atoms with Crippen molar-refractivity contribution in [3.8, 4) is 5.75 Å². The number of carbonyl (C=O) groups is 1. The average molecular weight is 537 g/mol. The molecule has 0 aromatic heterocycles. The van der Waals surface area contributed by atoms with E-state index in [0.29, 0.717) is 23.4 Å². The SMILES string of the molecule is NS(=O)(=O)c1cccc(C2c3ccccc3C(=O)N2CCOc2ccc3cc(Br)ccc3c2)c1. The van der Waals surface area contributed by atoms with E-state index in [-0.39, 0.29) is 17.4 Å². The Morgan fingerprint density at radius 2 is 1.68 bits per heavy atom. The highest BCUT2D eigenvalue weighted by atomic mass is 79.9. The lowest BCUT2D eigenvalue weighted by Crippen LogP contribution is -2.33. The second-order valence-corrected chi connectivity index (χ2v) is 10.6. The van der Waals surface area contributed by atoms with Crippen LogP contribution in [0.1, 0.15) is 27.5 Å². The molecule has 4 aromatic rings. The van der Waals surface area contributed by atoms with Gasteiger partial charge in [0.1, 0.15) is 12.4 Å². The van der Waals surface area contributed by atoms with Crippen molar-refractivity contribution in [2.24, 2.45) is 5.14 Å². The lowest BCUT2D eigenvalue weighted by atomic mass is 9.98. The molecule has 1 amide bonds. The number of nitrogens with zero attached hydrogens (tertiary/aromatic N) is 1. The van der Waals surface area contributed by atoms with E-state index in [1.54, 1.807) is 17.0 Å². The number of ether oxygens (including phenoxy) is 1. The number of amides is 1. The van der Waals surface area contributed by atoms with Crippen LogP contribution in [0.4, 0.5) is 0 Å².